The highest BCUT2D eigenvalue weighted by Gasteiger charge is 2.52. The third-order valence-electron chi connectivity index (χ3n) is 3.88. The van der Waals surface area contributed by atoms with Crippen LogP contribution in [-0.4, -0.2) is 134 Å². The molecule has 8 N–H and O–H groups in total. The average Bonchev–Trinajstić information content (AvgIpc) is 2.74. The Hall–Kier alpha value is -1.95. The highest BCUT2D eigenvalue weighted by molar-refractivity contribution is 5.76. The van der Waals surface area contributed by atoms with Crippen molar-refractivity contribution < 1.29 is 74.2 Å². The van der Waals surface area contributed by atoms with Gasteiger partial charge in [-0.1, -0.05) is 0 Å². The Morgan fingerprint density at radius 2 is 1.07 bits per heavy atom. The molecule has 15 nitrogen and oxygen atoms in total. The van der Waals surface area contributed by atoms with Gasteiger partial charge < -0.3 is 59.8 Å². The first-order valence-corrected chi connectivity index (χ1v) is 8.53. The van der Waals surface area contributed by atoms with E-state index in [4.69, 9.17) is 34.3 Å². The summed E-state index contributed by atoms with van der Waals surface area (Å²) in [6, 6.07) is 0. The Morgan fingerprint density at radius 3 is 1.43 bits per heavy atom. The van der Waals surface area contributed by atoms with Crippen LogP contribution in [0.25, 0.3) is 0 Å². The molecule has 0 bridgehead atoms. The van der Waals surface area contributed by atoms with Crippen molar-refractivity contribution in [2.75, 3.05) is 26.4 Å². The Labute approximate surface area is 168 Å². The number of aliphatic hydroxyl groups is 8. The molecular weight excluding hydrogens is 420 g/mol. The number of rotatable bonds is 10. The van der Waals surface area contributed by atoms with Crippen LogP contribution in [0.2, 0.25) is 0 Å². The third-order valence-corrected chi connectivity index (χ3v) is 3.88. The van der Waals surface area contributed by atoms with Crippen molar-refractivity contribution in [2.45, 2.75) is 49.0 Å². The summed E-state index contributed by atoms with van der Waals surface area (Å²) in [4.78, 5) is 35.5. The fraction of sp³-hybridized carbons (Fsp3) is 0.800. The minimum absolute atomic E-state index is 0.944. The Morgan fingerprint density at radius 1 is 0.700 bits per heavy atom. The van der Waals surface area contributed by atoms with Crippen molar-refractivity contribution in [2.24, 2.45) is 0 Å². The summed E-state index contributed by atoms with van der Waals surface area (Å²) in [7, 11) is 0. The van der Waals surface area contributed by atoms with Gasteiger partial charge in [0.1, 0.15) is 6.10 Å². The second-order valence-corrected chi connectivity index (χ2v) is 6.05. The van der Waals surface area contributed by atoms with Crippen molar-refractivity contribution in [1.82, 2.24) is 0 Å². The summed E-state index contributed by atoms with van der Waals surface area (Å²) in [5.41, 5.74) is 0. The minimum atomic E-state index is -2.11. The molecule has 1 heterocycles. The summed E-state index contributed by atoms with van der Waals surface area (Å²) in [5, 5.41) is 74.1. The molecule has 1 aliphatic rings. The molecule has 0 amide bonds. The highest BCUT2D eigenvalue weighted by Crippen LogP contribution is 2.28. The molecule has 1 rings (SSSR count). The lowest BCUT2D eigenvalue weighted by molar-refractivity contribution is -0.299. The van der Waals surface area contributed by atoms with Gasteiger partial charge in [0.2, 0.25) is 0 Å². The average molecular weight is 444 g/mol. The van der Waals surface area contributed by atoms with Gasteiger partial charge in [-0.3, -0.25) is 0 Å². The Balaban J connectivity index is 3.26. The second-order valence-electron chi connectivity index (χ2n) is 6.05. The molecule has 4 unspecified atom stereocenters. The number of carbonyl (C=O) groups is 3. The number of hydrogen-bond donors (Lipinski definition) is 8. The van der Waals surface area contributed by atoms with E-state index >= 15 is 0 Å². The zero-order chi connectivity index (χ0) is 23.0. The van der Waals surface area contributed by atoms with Gasteiger partial charge in [-0.25, -0.2) is 14.4 Å². The standard InChI is InChI=1S/C15H24O15/c16-1-5(20)12(23)28-9-8(4-19)27-15(26)11(30-14(25)7(22)3-18)10(9)29-13(24)6(21)2-17/h5-11,15-22,26H,1-4H2/t5?,6?,7?,8-,9-,10+,11-,15?/m1/s1. The van der Waals surface area contributed by atoms with Gasteiger partial charge in [-0.05, 0) is 0 Å². The monoisotopic (exact) mass is 444 g/mol. The van der Waals surface area contributed by atoms with E-state index in [1.165, 1.54) is 0 Å². The van der Waals surface area contributed by atoms with Gasteiger partial charge in [0.25, 0.3) is 0 Å². The van der Waals surface area contributed by atoms with Crippen LogP contribution in [0.3, 0.4) is 0 Å². The Bertz CT molecular complexity index is 582. The normalized spacial score (nSPS) is 29.4. The predicted molar refractivity (Wildman–Crippen MR) is 86.9 cm³/mol. The zero-order valence-corrected chi connectivity index (χ0v) is 15.4. The first-order valence-electron chi connectivity index (χ1n) is 8.53. The fourth-order valence-corrected chi connectivity index (χ4v) is 2.31. The van der Waals surface area contributed by atoms with Crippen LogP contribution in [0.15, 0.2) is 0 Å². The first kappa shape index (κ1) is 26.1. The predicted octanol–water partition coefficient (Wildman–Crippen LogP) is -6.51. The van der Waals surface area contributed by atoms with E-state index in [1.807, 2.05) is 0 Å². The molecule has 30 heavy (non-hydrogen) atoms. The number of hydrogen-bond acceptors (Lipinski definition) is 15. The smallest absolute Gasteiger partial charge is 0.337 e. The van der Waals surface area contributed by atoms with Crippen LogP contribution >= 0.6 is 0 Å². The van der Waals surface area contributed by atoms with E-state index in [-0.39, 0.29) is 0 Å². The van der Waals surface area contributed by atoms with Crippen LogP contribution in [0, 0.1) is 0 Å². The number of ether oxygens (including phenoxy) is 4. The van der Waals surface area contributed by atoms with E-state index in [0.29, 0.717) is 0 Å². The maximum absolute atomic E-state index is 11.9. The maximum atomic E-state index is 11.9. The van der Waals surface area contributed by atoms with Crippen LogP contribution in [0.1, 0.15) is 0 Å². The molecule has 0 radical (unpaired) electrons. The van der Waals surface area contributed by atoms with E-state index in [9.17, 15) is 39.9 Å². The van der Waals surface area contributed by atoms with Crippen LogP contribution < -0.4 is 0 Å². The van der Waals surface area contributed by atoms with Gasteiger partial charge >= 0.3 is 17.9 Å². The van der Waals surface area contributed by atoms with Crippen LogP contribution in [0.5, 0.6) is 0 Å². The molecule has 0 aromatic carbocycles. The van der Waals surface area contributed by atoms with Crippen LogP contribution in [0.4, 0.5) is 0 Å². The van der Waals surface area contributed by atoms with Crippen molar-refractivity contribution in [3.05, 3.63) is 0 Å². The number of aliphatic hydroxyl groups excluding tert-OH is 8. The van der Waals surface area contributed by atoms with Crippen LogP contribution in [-0.2, 0) is 33.3 Å². The van der Waals surface area contributed by atoms with Gasteiger partial charge in [0.15, 0.2) is 42.9 Å². The molecule has 1 fully saturated rings. The number of esters is 3. The minimum Gasteiger partial charge on any atom is -0.453 e. The first-order chi connectivity index (χ1) is 14.1. The van der Waals surface area contributed by atoms with Crippen molar-refractivity contribution >= 4 is 17.9 Å². The van der Waals surface area contributed by atoms with Gasteiger partial charge in [-0.15, -0.1) is 0 Å². The molecule has 0 aromatic rings. The summed E-state index contributed by atoms with van der Waals surface area (Å²) in [6.07, 6.45) is -15.8. The summed E-state index contributed by atoms with van der Waals surface area (Å²) >= 11 is 0. The lowest BCUT2D eigenvalue weighted by Gasteiger charge is -2.43. The largest absolute Gasteiger partial charge is 0.453 e. The SMILES string of the molecule is O=C(O[C@H]1[C@H](OC(=O)C(O)CO)[C@@H](OC(=O)C(O)CO)C(O)O[C@@H]1CO)C(O)CO. The van der Waals surface area contributed by atoms with Crippen molar-refractivity contribution in [1.29, 1.82) is 0 Å². The van der Waals surface area contributed by atoms with E-state index in [2.05, 4.69) is 0 Å². The fourth-order valence-electron chi connectivity index (χ4n) is 2.31. The zero-order valence-electron chi connectivity index (χ0n) is 15.4. The highest BCUT2D eigenvalue weighted by atomic mass is 16.7. The molecule has 0 saturated carbocycles. The molecule has 0 aromatic heterocycles. The van der Waals surface area contributed by atoms with Crippen molar-refractivity contribution in [3.63, 3.8) is 0 Å². The lowest BCUT2D eigenvalue weighted by atomic mass is 9.98. The summed E-state index contributed by atoms with van der Waals surface area (Å²) < 4.78 is 19.4. The molecule has 1 saturated heterocycles. The topological polar surface area (TPSA) is 250 Å². The summed E-state index contributed by atoms with van der Waals surface area (Å²) in [5.74, 6) is -4.48. The molecule has 8 atom stereocenters. The van der Waals surface area contributed by atoms with E-state index < -0.39 is 93.4 Å². The molecule has 1 aliphatic heterocycles. The third kappa shape index (κ3) is 6.53. The Kier molecular flexibility index (Phi) is 10.5. The molecular formula is C15H24O15. The maximum Gasteiger partial charge on any atom is 0.337 e. The molecule has 0 spiro atoms. The van der Waals surface area contributed by atoms with E-state index in [1.54, 1.807) is 0 Å². The quantitative estimate of drug-likeness (QED) is 0.115. The van der Waals surface area contributed by atoms with Crippen molar-refractivity contribution in [3.8, 4) is 0 Å². The van der Waals surface area contributed by atoms with E-state index in [0.717, 1.165) is 0 Å². The molecule has 174 valence electrons. The lowest BCUT2D eigenvalue weighted by Crippen LogP contribution is -2.63. The number of carbonyl (C=O) groups excluding carboxylic acids is 3. The molecule has 0 aliphatic carbocycles. The van der Waals surface area contributed by atoms with Gasteiger partial charge in [0, 0.05) is 0 Å². The second kappa shape index (κ2) is 12.0. The molecule has 15 heteroatoms. The summed E-state index contributed by atoms with van der Waals surface area (Å²) in [6.45, 7) is -4.17. The van der Waals surface area contributed by atoms with Gasteiger partial charge in [0.05, 0.1) is 26.4 Å². The van der Waals surface area contributed by atoms with Gasteiger partial charge in [-0.2, -0.15) is 0 Å².